The van der Waals surface area contributed by atoms with Gasteiger partial charge in [-0.25, -0.2) is 0 Å². The first-order valence-corrected chi connectivity index (χ1v) is 6.09. The topological polar surface area (TPSA) is 99.4 Å². The first-order valence-electron chi connectivity index (χ1n) is 4.89. The Labute approximate surface area is 91.2 Å². The van der Waals surface area contributed by atoms with E-state index in [-0.39, 0.29) is 6.10 Å². The number of nitrogens with zero attached hydrogens (tertiary/aromatic N) is 1. The van der Waals surface area contributed by atoms with Crippen LogP contribution in [0.1, 0.15) is 46.0 Å². The molecule has 0 aromatic rings. The lowest BCUT2D eigenvalue weighted by atomic mass is 10.1. The molecule has 0 aliphatic heterocycles. The fourth-order valence-electron chi connectivity index (χ4n) is 0.985. The van der Waals surface area contributed by atoms with Crippen molar-refractivity contribution in [3.63, 3.8) is 0 Å². The fourth-order valence-corrected chi connectivity index (χ4v) is 0.985. The first kappa shape index (κ1) is 17.1. The summed E-state index contributed by atoms with van der Waals surface area (Å²) >= 11 is 0. The van der Waals surface area contributed by atoms with Crippen LogP contribution < -0.4 is 0 Å². The third-order valence-corrected chi connectivity index (χ3v) is 1.69. The molecular formula is C8H20NO5P. The summed E-state index contributed by atoms with van der Waals surface area (Å²) in [5, 5.41) is 2.38. The quantitative estimate of drug-likeness (QED) is 0.275. The maximum atomic E-state index is 9.63. The zero-order valence-corrected chi connectivity index (χ0v) is 10.1. The van der Waals surface area contributed by atoms with Gasteiger partial charge in [-0.1, -0.05) is 26.2 Å². The highest BCUT2D eigenvalue weighted by atomic mass is 31.2. The summed E-state index contributed by atoms with van der Waals surface area (Å²) in [6.45, 7) is 4.04. The van der Waals surface area contributed by atoms with E-state index in [2.05, 4.69) is 17.1 Å². The monoisotopic (exact) mass is 241 g/mol. The lowest BCUT2D eigenvalue weighted by molar-refractivity contribution is 0.0607. The Morgan fingerprint density at radius 1 is 1.27 bits per heavy atom. The summed E-state index contributed by atoms with van der Waals surface area (Å²) in [6.07, 6.45) is 5.78. The van der Waals surface area contributed by atoms with Crippen molar-refractivity contribution in [2.45, 2.75) is 52.1 Å². The molecule has 0 aliphatic carbocycles. The molecule has 0 saturated carbocycles. The van der Waals surface area contributed by atoms with Crippen molar-refractivity contribution in [3.05, 3.63) is 4.91 Å². The van der Waals surface area contributed by atoms with Gasteiger partial charge in [0.2, 0.25) is 0 Å². The van der Waals surface area contributed by atoms with Gasteiger partial charge in [0, 0.05) is 0 Å². The highest BCUT2D eigenvalue weighted by molar-refractivity contribution is 7.38. The molecule has 0 spiro atoms. The normalized spacial score (nSPS) is 11.6. The Balaban J connectivity index is 0. The number of unbranched alkanes of at least 4 members (excludes halogenated alkanes) is 3. The Hall–Kier alpha value is -0.290. The van der Waals surface area contributed by atoms with E-state index in [1.165, 1.54) is 19.3 Å². The summed E-state index contributed by atoms with van der Waals surface area (Å²) in [4.78, 5) is 35.8. The molecule has 3 N–H and O–H groups in total. The van der Waals surface area contributed by atoms with Crippen LogP contribution in [0.5, 0.6) is 0 Å². The minimum absolute atomic E-state index is 0.00986. The third-order valence-electron chi connectivity index (χ3n) is 1.69. The molecule has 7 heteroatoms. The smallest absolute Gasteiger partial charge is 0.324 e. The number of hydrogen-bond acceptors (Lipinski definition) is 6. The largest absolute Gasteiger partial charge is 0.361 e. The van der Waals surface area contributed by atoms with Gasteiger partial charge >= 0.3 is 8.60 Å². The number of hydrogen-bond donors (Lipinski definition) is 3. The van der Waals surface area contributed by atoms with Crippen LogP contribution in [0.15, 0.2) is 5.34 Å². The van der Waals surface area contributed by atoms with Crippen molar-refractivity contribution >= 4 is 8.60 Å². The van der Waals surface area contributed by atoms with Crippen LogP contribution in [0, 0.1) is 4.91 Å². The highest BCUT2D eigenvalue weighted by Crippen LogP contribution is 2.11. The molecule has 1 atom stereocenters. The van der Waals surface area contributed by atoms with E-state index in [0.29, 0.717) is 0 Å². The molecular weight excluding hydrogens is 221 g/mol. The maximum absolute atomic E-state index is 9.63. The lowest BCUT2D eigenvalue weighted by Gasteiger charge is -2.05. The van der Waals surface area contributed by atoms with E-state index in [4.69, 9.17) is 14.7 Å². The van der Waals surface area contributed by atoms with E-state index in [1.807, 2.05) is 6.92 Å². The Bertz CT molecular complexity index is 133. The lowest BCUT2D eigenvalue weighted by Crippen LogP contribution is -2.02. The molecule has 92 valence electrons. The van der Waals surface area contributed by atoms with E-state index in [0.717, 1.165) is 12.8 Å². The standard InChI is InChI=1S/C8H17NO2.H3O3P/c1-3-4-5-6-7-8(2)11-9-10;1-4(2)3/h8H,3-7H2,1-2H3;1-3H. The SMILES string of the molecule is CCCCCCC(C)ON=O.OP(O)O. The second kappa shape index (κ2) is 13.7. The van der Waals surface area contributed by atoms with Gasteiger partial charge in [-0.05, 0) is 19.8 Å². The molecule has 0 amide bonds. The van der Waals surface area contributed by atoms with E-state index in [1.54, 1.807) is 0 Å². The third kappa shape index (κ3) is 24.8. The van der Waals surface area contributed by atoms with Crippen molar-refractivity contribution in [2.75, 3.05) is 0 Å². The van der Waals surface area contributed by atoms with E-state index >= 15 is 0 Å². The second-order valence-corrected chi connectivity index (χ2v) is 3.64. The Kier molecular flexibility index (Phi) is 15.6. The highest BCUT2D eigenvalue weighted by Gasteiger charge is 2.00. The average Bonchev–Trinajstić information content (AvgIpc) is 2.12. The fraction of sp³-hybridized carbons (Fsp3) is 1.00. The molecule has 0 fully saturated rings. The van der Waals surface area contributed by atoms with Crippen LogP contribution in [-0.2, 0) is 4.84 Å². The molecule has 15 heavy (non-hydrogen) atoms. The van der Waals surface area contributed by atoms with E-state index < -0.39 is 8.60 Å². The summed E-state index contributed by atoms with van der Waals surface area (Å²) < 4.78 is 0. The zero-order chi connectivity index (χ0) is 12.1. The van der Waals surface area contributed by atoms with Gasteiger partial charge in [-0.3, -0.25) is 0 Å². The van der Waals surface area contributed by atoms with Gasteiger partial charge in [-0.2, -0.15) is 0 Å². The molecule has 6 nitrogen and oxygen atoms in total. The molecule has 0 aliphatic rings. The Morgan fingerprint density at radius 2 is 1.80 bits per heavy atom. The molecule has 1 unspecified atom stereocenters. The zero-order valence-electron chi connectivity index (χ0n) is 9.17. The molecule has 0 rings (SSSR count). The van der Waals surface area contributed by atoms with Gasteiger partial charge in [0.25, 0.3) is 0 Å². The van der Waals surface area contributed by atoms with Crippen molar-refractivity contribution in [1.29, 1.82) is 0 Å². The summed E-state index contributed by atoms with van der Waals surface area (Å²) in [7, 11) is -2.62. The Morgan fingerprint density at radius 3 is 2.20 bits per heavy atom. The predicted octanol–water partition coefficient (Wildman–Crippen LogP) is 2.23. The molecule has 0 aromatic carbocycles. The molecule has 0 heterocycles. The minimum Gasteiger partial charge on any atom is -0.361 e. The molecule has 0 radical (unpaired) electrons. The van der Waals surface area contributed by atoms with Crippen LogP contribution in [-0.4, -0.2) is 20.8 Å². The second-order valence-electron chi connectivity index (χ2n) is 3.11. The summed E-state index contributed by atoms with van der Waals surface area (Å²) in [6, 6.07) is 0. The first-order chi connectivity index (χ1) is 7.04. The maximum Gasteiger partial charge on any atom is 0.324 e. The predicted molar refractivity (Wildman–Crippen MR) is 58.7 cm³/mol. The van der Waals surface area contributed by atoms with Crippen LogP contribution in [0.4, 0.5) is 0 Å². The van der Waals surface area contributed by atoms with Gasteiger partial charge in [0.15, 0.2) is 5.34 Å². The van der Waals surface area contributed by atoms with Gasteiger partial charge < -0.3 is 19.5 Å². The number of rotatable bonds is 7. The van der Waals surface area contributed by atoms with Crippen LogP contribution in [0.3, 0.4) is 0 Å². The van der Waals surface area contributed by atoms with Gasteiger partial charge in [0.05, 0.1) is 0 Å². The molecule has 0 bridgehead atoms. The van der Waals surface area contributed by atoms with Crippen LogP contribution >= 0.6 is 8.60 Å². The van der Waals surface area contributed by atoms with E-state index in [9.17, 15) is 4.91 Å². The summed E-state index contributed by atoms with van der Waals surface area (Å²) in [5.74, 6) is 0. The van der Waals surface area contributed by atoms with Crippen molar-refractivity contribution in [3.8, 4) is 0 Å². The summed E-state index contributed by atoms with van der Waals surface area (Å²) in [5.41, 5.74) is 0. The average molecular weight is 241 g/mol. The minimum atomic E-state index is -2.62. The van der Waals surface area contributed by atoms with Gasteiger partial charge in [0.1, 0.15) is 6.10 Å². The molecule has 0 saturated heterocycles. The van der Waals surface area contributed by atoms with Crippen molar-refractivity contribution in [1.82, 2.24) is 0 Å². The van der Waals surface area contributed by atoms with Crippen LogP contribution in [0.25, 0.3) is 0 Å². The molecule has 0 aromatic heterocycles. The van der Waals surface area contributed by atoms with Crippen molar-refractivity contribution < 1.29 is 19.5 Å². The van der Waals surface area contributed by atoms with Crippen molar-refractivity contribution in [2.24, 2.45) is 5.34 Å². The van der Waals surface area contributed by atoms with Gasteiger partial charge in [-0.15, -0.1) is 4.91 Å². The van der Waals surface area contributed by atoms with Crippen LogP contribution in [0.2, 0.25) is 0 Å².